The molecule has 0 aliphatic carbocycles. The molecule has 1 fully saturated rings. The first-order valence-electron chi connectivity index (χ1n) is 6.02. The van der Waals surface area contributed by atoms with Gasteiger partial charge in [-0.1, -0.05) is 30.3 Å². The second-order valence-corrected chi connectivity index (χ2v) is 4.28. The van der Waals surface area contributed by atoms with Crippen LogP contribution in [-0.4, -0.2) is 39.0 Å². The smallest absolute Gasteiger partial charge is 0.296 e. The van der Waals surface area contributed by atoms with Gasteiger partial charge in [0.05, 0.1) is 19.3 Å². The van der Waals surface area contributed by atoms with Crippen LogP contribution >= 0.6 is 0 Å². The Morgan fingerprint density at radius 1 is 1.33 bits per heavy atom. The van der Waals surface area contributed by atoms with Gasteiger partial charge < -0.3 is 14.8 Å². The second kappa shape index (κ2) is 6.22. The molecule has 1 unspecified atom stereocenters. The highest BCUT2D eigenvalue weighted by Crippen LogP contribution is 2.27. The third kappa shape index (κ3) is 3.73. The number of alkyl halides is 2. The van der Waals surface area contributed by atoms with Gasteiger partial charge in [0, 0.05) is 18.7 Å². The monoisotopic (exact) mass is 257 g/mol. The van der Waals surface area contributed by atoms with E-state index in [4.69, 9.17) is 9.47 Å². The van der Waals surface area contributed by atoms with Gasteiger partial charge in [0.15, 0.2) is 0 Å². The number of rotatable bonds is 5. The minimum Gasteiger partial charge on any atom is -0.373 e. The van der Waals surface area contributed by atoms with Gasteiger partial charge >= 0.3 is 0 Å². The van der Waals surface area contributed by atoms with Crippen LogP contribution in [0.2, 0.25) is 0 Å². The van der Waals surface area contributed by atoms with Crippen LogP contribution < -0.4 is 5.32 Å². The fourth-order valence-corrected chi connectivity index (χ4v) is 1.81. The maximum Gasteiger partial charge on any atom is 0.296 e. The summed E-state index contributed by atoms with van der Waals surface area (Å²) in [6.07, 6.45) is -0.134. The third-order valence-corrected chi connectivity index (χ3v) is 2.79. The zero-order valence-electron chi connectivity index (χ0n) is 10.1. The highest BCUT2D eigenvalue weighted by molar-refractivity contribution is 5.19. The molecule has 0 radical (unpaired) electrons. The Morgan fingerprint density at radius 2 is 2.11 bits per heavy atom. The summed E-state index contributed by atoms with van der Waals surface area (Å²) in [7, 11) is 0. The molecule has 1 N–H and O–H groups in total. The molecule has 1 aliphatic rings. The number of halogens is 2. The van der Waals surface area contributed by atoms with Crippen molar-refractivity contribution in [2.24, 2.45) is 0 Å². The number of ether oxygens (including phenoxy) is 2. The largest absolute Gasteiger partial charge is 0.373 e. The summed E-state index contributed by atoms with van der Waals surface area (Å²) in [5, 5.41) is 3.12. The van der Waals surface area contributed by atoms with Gasteiger partial charge in [0.1, 0.15) is 6.61 Å². The first-order valence-corrected chi connectivity index (χ1v) is 6.02. The molecule has 1 saturated heterocycles. The standard InChI is InChI=1S/C13H17F2NO2/c14-13(15,11-4-2-1-3-5-11)10-17-9-12-8-16-6-7-18-12/h1-5,12,16H,6-10H2. The van der Waals surface area contributed by atoms with Crippen LogP contribution in [0.25, 0.3) is 0 Å². The van der Waals surface area contributed by atoms with Gasteiger partial charge in [-0.3, -0.25) is 0 Å². The van der Waals surface area contributed by atoms with E-state index in [0.717, 1.165) is 6.54 Å². The Morgan fingerprint density at radius 3 is 2.78 bits per heavy atom. The average Bonchev–Trinajstić information content (AvgIpc) is 2.41. The van der Waals surface area contributed by atoms with Crippen LogP contribution in [0.1, 0.15) is 5.56 Å². The molecule has 1 atom stereocenters. The molecule has 0 aromatic heterocycles. The SMILES string of the molecule is FC(F)(COCC1CNCCO1)c1ccccc1. The van der Waals surface area contributed by atoms with E-state index in [-0.39, 0.29) is 18.3 Å². The highest BCUT2D eigenvalue weighted by Gasteiger charge is 2.32. The molecule has 3 nitrogen and oxygen atoms in total. The van der Waals surface area contributed by atoms with Gasteiger partial charge in [-0.05, 0) is 0 Å². The van der Waals surface area contributed by atoms with Crippen LogP contribution in [0.3, 0.4) is 0 Å². The fraction of sp³-hybridized carbons (Fsp3) is 0.538. The number of hydrogen-bond donors (Lipinski definition) is 1. The molecular weight excluding hydrogens is 240 g/mol. The lowest BCUT2D eigenvalue weighted by Gasteiger charge is -2.24. The van der Waals surface area contributed by atoms with Gasteiger partial charge in [-0.15, -0.1) is 0 Å². The molecule has 0 bridgehead atoms. The molecule has 18 heavy (non-hydrogen) atoms. The van der Waals surface area contributed by atoms with E-state index >= 15 is 0 Å². The molecular formula is C13H17F2NO2. The summed E-state index contributed by atoms with van der Waals surface area (Å²) in [6.45, 7) is 1.63. The maximum atomic E-state index is 13.7. The van der Waals surface area contributed by atoms with Crippen LogP contribution in [0.4, 0.5) is 8.78 Å². The van der Waals surface area contributed by atoms with Crippen molar-refractivity contribution >= 4 is 0 Å². The number of hydrogen-bond acceptors (Lipinski definition) is 3. The van der Waals surface area contributed by atoms with Crippen molar-refractivity contribution in [3.05, 3.63) is 35.9 Å². The van der Waals surface area contributed by atoms with Gasteiger partial charge in [-0.25, -0.2) is 0 Å². The molecule has 100 valence electrons. The van der Waals surface area contributed by atoms with Crippen molar-refractivity contribution < 1.29 is 18.3 Å². The first kappa shape index (κ1) is 13.4. The quantitative estimate of drug-likeness (QED) is 0.872. The molecule has 1 aromatic carbocycles. The van der Waals surface area contributed by atoms with E-state index in [1.165, 1.54) is 12.1 Å². The normalized spacial score (nSPS) is 20.9. The first-order chi connectivity index (χ1) is 8.68. The van der Waals surface area contributed by atoms with Crippen molar-refractivity contribution in [3.8, 4) is 0 Å². The lowest BCUT2D eigenvalue weighted by atomic mass is 10.1. The Bertz CT molecular complexity index is 353. The molecule has 0 amide bonds. The molecule has 5 heteroatoms. The van der Waals surface area contributed by atoms with E-state index in [0.29, 0.717) is 13.2 Å². The minimum absolute atomic E-state index is 0.0207. The zero-order valence-corrected chi connectivity index (χ0v) is 10.1. The molecule has 1 aliphatic heterocycles. The summed E-state index contributed by atoms with van der Waals surface area (Å²) < 4.78 is 37.9. The number of morpholine rings is 1. The Balaban J connectivity index is 1.78. The molecule has 1 aromatic rings. The predicted molar refractivity (Wildman–Crippen MR) is 63.8 cm³/mol. The number of nitrogens with one attached hydrogen (secondary N) is 1. The Hall–Kier alpha value is -1.04. The predicted octanol–water partition coefficient (Wildman–Crippen LogP) is 1.78. The van der Waals surface area contributed by atoms with E-state index in [1.807, 2.05) is 0 Å². The van der Waals surface area contributed by atoms with Crippen LogP contribution in [0.15, 0.2) is 30.3 Å². The fourth-order valence-electron chi connectivity index (χ4n) is 1.81. The van der Waals surface area contributed by atoms with Crippen LogP contribution in [-0.2, 0) is 15.4 Å². The van der Waals surface area contributed by atoms with Crippen molar-refractivity contribution in [1.82, 2.24) is 5.32 Å². The molecule has 2 rings (SSSR count). The van der Waals surface area contributed by atoms with Crippen molar-refractivity contribution in [2.45, 2.75) is 12.0 Å². The number of benzene rings is 1. The van der Waals surface area contributed by atoms with E-state index in [9.17, 15) is 8.78 Å². The molecule has 0 saturated carbocycles. The van der Waals surface area contributed by atoms with Gasteiger partial charge in [0.25, 0.3) is 5.92 Å². The summed E-state index contributed by atoms with van der Waals surface area (Å²) >= 11 is 0. The van der Waals surface area contributed by atoms with E-state index in [2.05, 4.69) is 5.32 Å². The zero-order chi connectivity index (χ0) is 12.8. The van der Waals surface area contributed by atoms with Crippen LogP contribution in [0.5, 0.6) is 0 Å². The highest BCUT2D eigenvalue weighted by atomic mass is 19.3. The Labute approximate surface area is 105 Å². The van der Waals surface area contributed by atoms with Crippen molar-refractivity contribution in [3.63, 3.8) is 0 Å². The van der Waals surface area contributed by atoms with Crippen molar-refractivity contribution in [1.29, 1.82) is 0 Å². The second-order valence-electron chi connectivity index (χ2n) is 4.28. The third-order valence-electron chi connectivity index (χ3n) is 2.79. The molecule has 1 heterocycles. The lowest BCUT2D eigenvalue weighted by molar-refractivity contribution is -0.108. The topological polar surface area (TPSA) is 30.5 Å². The average molecular weight is 257 g/mol. The van der Waals surface area contributed by atoms with Gasteiger partial charge in [-0.2, -0.15) is 8.78 Å². The maximum absolute atomic E-state index is 13.7. The summed E-state index contributed by atoms with van der Waals surface area (Å²) in [4.78, 5) is 0. The molecule has 0 spiro atoms. The lowest BCUT2D eigenvalue weighted by Crippen LogP contribution is -2.41. The summed E-state index contributed by atoms with van der Waals surface area (Å²) in [5.74, 6) is -2.96. The van der Waals surface area contributed by atoms with Gasteiger partial charge in [0.2, 0.25) is 0 Å². The summed E-state index contributed by atoms with van der Waals surface area (Å²) in [5.41, 5.74) is -0.0207. The Kier molecular flexibility index (Phi) is 4.63. The minimum atomic E-state index is -2.96. The van der Waals surface area contributed by atoms with Crippen molar-refractivity contribution in [2.75, 3.05) is 32.9 Å². The van der Waals surface area contributed by atoms with Crippen LogP contribution in [0, 0.1) is 0 Å². The van der Waals surface area contributed by atoms with E-state index in [1.54, 1.807) is 18.2 Å². The van der Waals surface area contributed by atoms with E-state index < -0.39 is 12.5 Å². The summed E-state index contributed by atoms with van der Waals surface area (Å²) in [6, 6.07) is 7.71.